The van der Waals surface area contributed by atoms with Gasteiger partial charge in [0, 0.05) is 23.7 Å². The Kier molecular flexibility index (Phi) is 3.31. The van der Waals surface area contributed by atoms with E-state index in [1.165, 1.54) is 0 Å². The van der Waals surface area contributed by atoms with Gasteiger partial charge in [-0.15, -0.1) is 0 Å². The molecule has 0 aliphatic heterocycles. The number of aromatic nitrogens is 2. The molecule has 0 spiro atoms. The number of nitrogen functional groups attached to an aromatic ring is 1. The number of hydrogen-bond donors (Lipinski definition) is 3. The molecule has 1 heterocycles. The van der Waals surface area contributed by atoms with Gasteiger partial charge in [-0.1, -0.05) is 0 Å². The Morgan fingerprint density at radius 3 is 2.62 bits per heavy atom. The third-order valence-corrected chi connectivity index (χ3v) is 1.95. The minimum atomic E-state index is -0.459. The summed E-state index contributed by atoms with van der Waals surface area (Å²) in [7, 11) is 0. The van der Waals surface area contributed by atoms with Crippen LogP contribution >= 0.6 is 0 Å². The molecule has 0 aliphatic rings. The van der Waals surface area contributed by atoms with Gasteiger partial charge in [-0.25, -0.2) is 4.98 Å². The lowest BCUT2D eigenvalue weighted by molar-refractivity contribution is -0.118. The lowest BCUT2D eigenvalue weighted by atomic mass is 10.0. The first-order valence-electron chi connectivity index (χ1n) is 4.96. The van der Waals surface area contributed by atoms with Crippen molar-refractivity contribution in [3.05, 3.63) is 11.8 Å². The highest BCUT2D eigenvalue weighted by Crippen LogP contribution is 2.17. The summed E-state index contributed by atoms with van der Waals surface area (Å²) in [6.45, 7) is 5.56. The molecule has 0 saturated heterocycles. The molecule has 1 aromatic rings. The number of carbonyl (C=O) groups excluding carboxylic acids is 1. The number of carbonyl (C=O) groups is 1. The number of primary amides is 1. The van der Waals surface area contributed by atoms with Gasteiger partial charge in [0.2, 0.25) is 11.9 Å². The first kappa shape index (κ1) is 12.2. The highest BCUT2D eigenvalue weighted by molar-refractivity contribution is 5.75. The molecule has 0 aliphatic carbocycles. The second kappa shape index (κ2) is 4.34. The molecule has 0 bridgehead atoms. The van der Waals surface area contributed by atoms with Crippen LogP contribution in [0.2, 0.25) is 0 Å². The number of nitrogens with zero attached hydrogens (tertiary/aromatic N) is 2. The summed E-state index contributed by atoms with van der Waals surface area (Å²) in [4.78, 5) is 18.9. The maximum atomic E-state index is 10.9. The molecule has 88 valence electrons. The smallest absolute Gasteiger partial charge is 0.222 e. The third kappa shape index (κ3) is 3.72. The van der Waals surface area contributed by atoms with Crippen molar-refractivity contribution in [2.24, 2.45) is 5.73 Å². The first-order valence-corrected chi connectivity index (χ1v) is 4.96. The summed E-state index contributed by atoms with van der Waals surface area (Å²) in [5, 5.41) is 3.10. The highest BCUT2D eigenvalue weighted by atomic mass is 16.1. The molecule has 0 fully saturated rings. The minimum absolute atomic E-state index is 0.206. The van der Waals surface area contributed by atoms with Crippen molar-refractivity contribution >= 4 is 17.7 Å². The van der Waals surface area contributed by atoms with Gasteiger partial charge in [-0.05, 0) is 20.8 Å². The zero-order chi connectivity index (χ0) is 12.3. The van der Waals surface area contributed by atoms with Crippen LogP contribution in [0.25, 0.3) is 0 Å². The van der Waals surface area contributed by atoms with Crippen molar-refractivity contribution < 1.29 is 4.79 Å². The summed E-state index contributed by atoms with van der Waals surface area (Å²) in [6, 6.07) is 1.76. The van der Waals surface area contributed by atoms with E-state index in [4.69, 9.17) is 11.5 Å². The van der Waals surface area contributed by atoms with Gasteiger partial charge < -0.3 is 16.8 Å². The van der Waals surface area contributed by atoms with E-state index in [-0.39, 0.29) is 18.3 Å². The largest absolute Gasteiger partial charge is 0.370 e. The molecule has 0 radical (unpaired) electrons. The van der Waals surface area contributed by atoms with Crippen LogP contribution in [-0.2, 0) is 4.79 Å². The maximum absolute atomic E-state index is 10.9. The van der Waals surface area contributed by atoms with Crippen molar-refractivity contribution in [3.63, 3.8) is 0 Å². The lowest BCUT2D eigenvalue weighted by Gasteiger charge is -2.25. The fourth-order valence-corrected chi connectivity index (χ4v) is 1.48. The van der Waals surface area contributed by atoms with Crippen molar-refractivity contribution in [1.82, 2.24) is 9.97 Å². The van der Waals surface area contributed by atoms with E-state index in [0.29, 0.717) is 5.82 Å². The summed E-state index contributed by atoms with van der Waals surface area (Å²) < 4.78 is 0. The molecule has 1 rings (SSSR count). The zero-order valence-electron chi connectivity index (χ0n) is 9.74. The van der Waals surface area contributed by atoms with Crippen molar-refractivity contribution in [1.29, 1.82) is 0 Å². The molecule has 6 nitrogen and oxygen atoms in total. The summed E-state index contributed by atoms with van der Waals surface area (Å²) in [5.41, 5.74) is 11.0. The Hall–Kier alpha value is -1.85. The molecule has 0 aromatic carbocycles. The molecule has 0 unspecified atom stereocenters. The van der Waals surface area contributed by atoms with Crippen LogP contribution in [0.5, 0.6) is 0 Å². The van der Waals surface area contributed by atoms with E-state index < -0.39 is 5.54 Å². The average Bonchev–Trinajstić information content (AvgIpc) is 1.95. The van der Waals surface area contributed by atoms with Gasteiger partial charge >= 0.3 is 0 Å². The Morgan fingerprint density at radius 1 is 1.50 bits per heavy atom. The normalized spacial score (nSPS) is 11.2. The van der Waals surface area contributed by atoms with Crippen LogP contribution in [0.3, 0.4) is 0 Å². The second-order valence-electron chi connectivity index (χ2n) is 4.40. The number of nitrogens with one attached hydrogen (secondary N) is 1. The molecule has 5 N–H and O–H groups in total. The van der Waals surface area contributed by atoms with E-state index in [0.717, 1.165) is 5.69 Å². The van der Waals surface area contributed by atoms with Gasteiger partial charge in [0.25, 0.3) is 0 Å². The van der Waals surface area contributed by atoms with E-state index in [2.05, 4.69) is 15.3 Å². The first-order chi connectivity index (χ1) is 7.28. The number of amides is 1. The molecule has 16 heavy (non-hydrogen) atoms. The maximum Gasteiger partial charge on any atom is 0.222 e. The van der Waals surface area contributed by atoms with Crippen LogP contribution in [-0.4, -0.2) is 21.4 Å². The molecule has 0 atom stereocenters. The lowest BCUT2D eigenvalue weighted by Crippen LogP contribution is -2.36. The van der Waals surface area contributed by atoms with Crippen molar-refractivity contribution in [2.75, 3.05) is 11.1 Å². The molecule has 6 heteroatoms. The predicted octanol–water partition coefficient (Wildman–Crippen LogP) is 0.433. The number of rotatable bonds is 4. The number of nitrogens with two attached hydrogens (primary N) is 2. The van der Waals surface area contributed by atoms with Crippen LogP contribution in [0, 0.1) is 6.92 Å². The Balaban J connectivity index is 2.83. The fraction of sp³-hybridized carbons (Fsp3) is 0.500. The Bertz CT molecular complexity index is 382. The SMILES string of the molecule is Cc1cc(NC(C)(C)CC(N)=O)nc(N)n1. The fourth-order valence-electron chi connectivity index (χ4n) is 1.48. The second-order valence-corrected chi connectivity index (χ2v) is 4.40. The Morgan fingerprint density at radius 2 is 2.12 bits per heavy atom. The highest BCUT2D eigenvalue weighted by Gasteiger charge is 2.21. The van der Waals surface area contributed by atoms with E-state index in [1.807, 2.05) is 20.8 Å². The van der Waals surface area contributed by atoms with Gasteiger partial charge in [0.05, 0.1) is 0 Å². The minimum Gasteiger partial charge on any atom is -0.370 e. The number of anilines is 2. The van der Waals surface area contributed by atoms with Gasteiger partial charge in [-0.3, -0.25) is 4.79 Å². The molecular formula is C10H17N5O. The summed E-state index contributed by atoms with van der Waals surface area (Å²) in [6.07, 6.45) is 0.218. The van der Waals surface area contributed by atoms with Crippen LogP contribution in [0.1, 0.15) is 26.0 Å². The van der Waals surface area contributed by atoms with E-state index in [9.17, 15) is 4.79 Å². The molecule has 1 aromatic heterocycles. The third-order valence-electron chi connectivity index (χ3n) is 1.95. The number of hydrogen-bond acceptors (Lipinski definition) is 5. The van der Waals surface area contributed by atoms with Gasteiger partial charge in [-0.2, -0.15) is 4.98 Å². The molecule has 0 saturated carbocycles. The Labute approximate surface area is 94.5 Å². The standard InChI is InChI=1S/C10H17N5O/c1-6-4-8(14-9(12)13-6)15-10(2,3)5-7(11)16/h4H,5H2,1-3H3,(H2,11,16)(H3,12,13,14,15). The predicted molar refractivity (Wildman–Crippen MR) is 62.7 cm³/mol. The average molecular weight is 223 g/mol. The summed E-state index contributed by atoms with van der Waals surface area (Å²) in [5.74, 6) is 0.435. The van der Waals surface area contributed by atoms with E-state index >= 15 is 0 Å². The number of aryl methyl sites for hydroxylation is 1. The summed E-state index contributed by atoms with van der Waals surface area (Å²) >= 11 is 0. The van der Waals surface area contributed by atoms with Gasteiger partial charge in [0.1, 0.15) is 5.82 Å². The van der Waals surface area contributed by atoms with Crippen LogP contribution in [0.4, 0.5) is 11.8 Å². The molecule has 1 amide bonds. The molecular weight excluding hydrogens is 206 g/mol. The van der Waals surface area contributed by atoms with E-state index in [1.54, 1.807) is 6.07 Å². The van der Waals surface area contributed by atoms with Crippen molar-refractivity contribution in [2.45, 2.75) is 32.7 Å². The van der Waals surface area contributed by atoms with Crippen LogP contribution < -0.4 is 16.8 Å². The van der Waals surface area contributed by atoms with Gasteiger partial charge in [0.15, 0.2) is 0 Å². The van der Waals surface area contributed by atoms with Crippen LogP contribution in [0.15, 0.2) is 6.07 Å². The van der Waals surface area contributed by atoms with Crippen molar-refractivity contribution in [3.8, 4) is 0 Å². The quantitative estimate of drug-likeness (QED) is 0.686. The zero-order valence-corrected chi connectivity index (χ0v) is 9.74. The topological polar surface area (TPSA) is 107 Å². The monoisotopic (exact) mass is 223 g/mol.